The first-order chi connectivity index (χ1) is 7.80. The summed E-state index contributed by atoms with van der Waals surface area (Å²) in [5, 5.41) is 3.59. The van der Waals surface area contributed by atoms with E-state index in [1.165, 1.54) is 58.3 Å². The number of hydrogen-bond acceptors (Lipinski definition) is 2. The van der Waals surface area contributed by atoms with Crippen molar-refractivity contribution in [3.63, 3.8) is 0 Å². The van der Waals surface area contributed by atoms with Gasteiger partial charge in [-0.05, 0) is 18.8 Å². The Morgan fingerprint density at radius 3 is 2.75 bits per heavy atom. The van der Waals surface area contributed by atoms with Crippen LogP contribution >= 0.6 is 0 Å². The standard InChI is InChI=1S/C14H30N2/c1-4-7-8-13(5-2)11-16-10-9-15-14(6-3)12-16/h13-15H,4-12H2,1-3H3. The van der Waals surface area contributed by atoms with E-state index in [0.29, 0.717) is 0 Å². The zero-order valence-electron chi connectivity index (χ0n) is 11.5. The minimum absolute atomic E-state index is 0.734. The fourth-order valence-electron chi connectivity index (χ4n) is 2.62. The van der Waals surface area contributed by atoms with E-state index in [9.17, 15) is 0 Å². The molecule has 0 aromatic carbocycles. The van der Waals surface area contributed by atoms with E-state index in [2.05, 4.69) is 31.0 Å². The third-order valence-corrected chi connectivity index (χ3v) is 3.89. The molecule has 2 heteroatoms. The highest BCUT2D eigenvalue weighted by molar-refractivity contribution is 4.78. The van der Waals surface area contributed by atoms with E-state index in [1.807, 2.05) is 0 Å². The topological polar surface area (TPSA) is 15.3 Å². The number of hydrogen-bond donors (Lipinski definition) is 1. The summed E-state index contributed by atoms with van der Waals surface area (Å²) in [6, 6.07) is 0.734. The van der Waals surface area contributed by atoms with Crippen LogP contribution in [0.4, 0.5) is 0 Å². The van der Waals surface area contributed by atoms with Crippen molar-refractivity contribution in [2.24, 2.45) is 5.92 Å². The maximum atomic E-state index is 3.59. The fraction of sp³-hybridized carbons (Fsp3) is 1.00. The van der Waals surface area contributed by atoms with Crippen molar-refractivity contribution in [2.75, 3.05) is 26.2 Å². The van der Waals surface area contributed by atoms with Crippen LogP contribution in [0, 0.1) is 5.92 Å². The first-order valence-electron chi connectivity index (χ1n) is 7.25. The molecule has 0 amide bonds. The number of piperazine rings is 1. The van der Waals surface area contributed by atoms with Crippen LogP contribution in [0.5, 0.6) is 0 Å². The molecule has 2 unspecified atom stereocenters. The Bertz CT molecular complexity index is 170. The first-order valence-corrected chi connectivity index (χ1v) is 7.25. The highest BCUT2D eigenvalue weighted by Crippen LogP contribution is 2.15. The summed E-state index contributed by atoms with van der Waals surface area (Å²) in [7, 11) is 0. The molecule has 2 nitrogen and oxygen atoms in total. The van der Waals surface area contributed by atoms with Crippen molar-refractivity contribution in [3.05, 3.63) is 0 Å². The van der Waals surface area contributed by atoms with Crippen LogP contribution < -0.4 is 5.32 Å². The van der Waals surface area contributed by atoms with Crippen LogP contribution in [0.1, 0.15) is 52.9 Å². The Morgan fingerprint density at radius 1 is 1.31 bits per heavy atom. The van der Waals surface area contributed by atoms with Crippen LogP contribution in [0.15, 0.2) is 0 Å². The second-order valence-electron chi connectivity index (χ2n) is 5.24. The normalized spacial score (nSPS) is 24.6. The van der Waals surface area contributed by atoms with Gasteiger partial charge in [0.25, 0.3) is 0 Å². The third-order valence-electron chi connectivity index (χ3n) is 3.89. The molecule has 1 heterocycles. The highest BCUT2D eigenvalue weighted by atomic mass is 15.2. The highest BCUT2D eigenvalue weighted by Gasteiger charge is 2.19. The Balaban J connectivity index is 2.27. The summed E-state index contributed by atoms with van der Waals surface area (Å²) in [5.41, 5.74) is 0. The quantitative estimate of drug-likeness (QED) is 0.718. The van der Waals surface area contributed by atoms with Crippen molar-refractivity contribution in [2.45, 2.75) is 58.9 Å². The summed E-state index contributed by atoms with van der Waals surface area (Å²) in [6.45, 7) is 12.0. The number of unbranched alkanes of at least 4 members (excludes halogenated alkanes) is 1. The maximum Gasteiger partial charge on any atom is 0.0192 e. The molecular weight excluding hydrogens is 196 g/mol. The van der Waals surface area contributed by atoms with Crippen LogP contribution in [0.2, 0.25) is 0 Å². The van der Waals surface area contributed by atoms with E-state index in [0.717, 1.165) is 12.0 Å². The predicted molar refractivity (Wildman–Crippen MR) is 71.8 cm³/mol. The SMILES string of the molecule is CCCCC(CC)CN1CCNC(CC)C1. The minimum Gasteiger partial charge on any atom is -0.311 e. The number of rotatable bonds is 7. The van der Waals surface area contributed by atoms with Crippen LogP contribution in [0.25, 0.3) is 0 Å². The van der Waals surface area contributed by atoms with Gasteiger partial charge in [0.15, 0.2) is 0 Å². The van der Waals surface area contributed by atoms with Crippen molar-refractivity contribution in [1.29, 1.82) is 0 Å². The fourth-order valence-corrected chi connectivity index (χ4v) is 2.62. The molecule has 1 rings (SSSR count). The third kappa shape index (κ3) is 4.84. The van der Waals surface area contributed by atoms with Gasteiger partial charge in [-0.3, -0.25) is 0 Å². The van der Waals surface area contributed by atoms with Crippen molar-refractivity contribution in [1.82, 2.24) is 10.2 Å². The average Bonchev–Trinajstić information content (AvgIpc) is 2.34. The van der Waals surface area contributed by atoms with Gasteiger partial charge >= 0.3 is 0 Å². The molecule has 1 saturated heterocycles. The Labute approximate surface area is 102 Å². The first kappa shape index (κ1) is 14.0. The van der Waals surface area contributed by atoms with Crippen LogP contribution in [-0.2, 0) is 0 Å². The molecule has 0 aromatic rings. The predicted octanol–water partition coefficient (Wildman–Crippen LogP) is 2.89. The average molecular weight is 226 g/mol. The molecule has 2 atom stereocenters. The lowest BCUT2D eigenvalue weighted by molar-refractivity contribution is 0.164. The second-order valence-corrected chi connectivity index (χ2v) is 5.24. The molecule has 0 spiro atoms. The second kappa shape index (κ2) is 8.08. The molecule has 0 bridgehead atoms. The Kier molecular flexibility index (Phi) is 7.06. The van der Waals surface area contributed by atoms with E-state index < -0.39 is 0 Å². The van der Waals surface area contributed by atoms with Crippen molar-refractivity contribution < 1.29 is 0 Å². The van der Waals surface area contributed by atoms with Gasteiger partial charge in [0.2, 0.25) is 0 Å². The lowest BCUT2D eigenvalue weighted by Gasteiger charge is -2.35. The van der Waals surface area contributed by atoms with E-state index in [1.54, 1.807) is 0 Å². The molecule has 0 radical (unpaired) electrons. The molecule has 16 heavy (non-hydrogen) atoms. The lowest BCUT2D eigenvalue weighted by Crippen LogP contribution is -2.51. The molecule has 1 N–H and O–H groups in total. The number of nitrogens with one attached hydrogen (secondary N) is 1. The van der Waals surface area contributed by atoms with Crippen molar-refractivity contribution in [3.8, 4) is 0 Å². The van der Waals surface area contributed by atoms with E-state index in [-0.39, 0.29) is 0 Å². The lowest BCUT2D eigenvalue weighted by atomic mass is 9.98. The van der Waals surface area contributed by atoms with Gasteiger partial charge in [-0.2, -0.15) is 0 Å². The van der Waals surface area contributed by atoms with Gasteiger partial charge in [0, 0.05) is 32.2 Å². The van der Waals surface area contributed by atoms with Crippen molar-refractivity contribution >= 4 is 0 Å². The monoisotopic (exact) mass is 226 g/mol. The van der Waals surface area contributed by atoms with Crippen LogP contribution in [-0.4, -0.2) is 37.1 Å². The molecule has 1 aliphatic heterocycles. The Hall–Kier alpha value is -0.0800. The van der Waals surface area contributed by atoms with Gasteiger partial charge in [0.05, 0.1) is 0 Å². The molecular formula is C14H30N2. The molecule has 0 aromatic heterocycles. The van der Waals surface area contributed by atoms with Crippen LogP contribution in [0.3, 0.4) is 0 Å². The van der Waals surface area contributed by atoms with Gasteiger partial charge < -0.3 is 10.2 Å². The van der Waals surface area contributed by atoms with Gasteiger partial charge in [0.1, 0.15) is 0 Å². The molecule has 96 valence electrons. The number of nitrogens with zero attached hydrogens (tertiary/aromatic N) is 1. The summed E-state index contributed by atoms with van der Waals surface area (Å²) < 4.78 is 0. The zero-order chi connectivity index (χ0) is 11.8. The maximum absolute atomic E-state index is 3.59. The van der Waals surface area contributed by atoms with E-state index >= 15 is 0 Å². The summed E-state index contributed by atoms with van der Waals surface area (Å²) in [4.78, 5) is 2.68. The zero-order valence-corrected chi connectivity index (χ0v) is 11.5. The van der Waals surface area contributed by atoms with Gasteiger partial charge in [-0.1, -0.05) is 40.0 Å². The molecule has 0 aliphatic carbocycles. The van der Waals surface area contributed by atoms with Gasteiger partial charge in [-0.15, -0.1) is 0 Å². The smallest absolute Gasteiger partial charge is 0.0192 e. The molecule has 1 aliphatic rings. The van der Waals surface area contributed by atoms with E-state index in [4.69, 9.17) is 0 Å². The Morgan fingerprint density at radius 2 is 2.12 bits per heavy atom. The summed E-state index contributed by atoms with van der Waals surface area (Å²) in [6.07, 6.45) is 6.79. The summed E-state index contributed by atoms with van der Waals surface area (Å²) in [5.74, 6) is 0.926. The minimum atomic E-state index is 0.734. The van der Waals surface area contributed by atoms with Gasteiger partial charge in [-0.25, -0.2) is 0 Å². The molecule has 1 fully saturated rings. The largest absolute Gasteiger partial charge is 0.311 e. The molecule has 0 saturated carbocycles. The summed E-state index contributed by atoms with van der Waals surface area (Å²) >= 11 is 0.